The van der Waals surface area contributed by atoms with Crippen molar-refractivity contribution in [1.29, 1.82) is 0 Å². The summed E-state index contributed by atoms with van der Waals surface area (Å²) in [6.45, 7) is 0.808. The molecule has 0 bridgehead atoms. The molecule has 0 saturated carbocycles. The first-order chi connectivity index (χ1) is 15.2. The maximum atomic E-state index is 10.6. The summed E-state index contributed by atoms with van der Waals surface area (Å²) in [6.07, 6.45) is 1.90. The highest BCUT2D eigenvalue weighted by Crippen LogP contribution is 2.35. The van der Waals surface area contributed by atoms with Crippen LogP contribution in [-0.4, -0.2) is 64.6 Å². The molecule has 31 heavy (non-hydrogen) atoms. The molecule has 4 aromatic rings. The summed E-state index contributed by atoms with van der Waals surface area (Å²) in [6, 6.07) is 11.2. The third-order valence-electron chi connectivity index (χ3n) is 5.35. The Kier molecular flexibility index (Phi) is 4.87. The number of aliphatic hydroxyl groups is 1. The molecule has 1 aliphatic heterocycles. The number of hydrogen-bond donors (Lipinski definition) is 1. The number of methoxy groups -OCH3 is 2. The number of rotatable bonds is 5. The lowest BCUT2D eigenvalue weighted by Crippen LogP contribution is -2.30. The van der Waals surface area contributed by atoms with Crippen molar-refractivity contribution in [2.45, 2.75) is 12.2 Å². The van der Waals surface area contributed by atoms with Gasteiger partial charge in [0.25, 0.3) is 0 Å². The van der Waals surface area contributed by atoms with E-state index >= 15 is 0 Å². The van der Waals surface area contributed by atoms with Crippen molar-refractivity contribution in [2.24, 2.45) is 0 Å². The first kappa shape index (κ1) is 19.3. The van der Waals surface area contributed by atoms with Gasteiger partial charge in [-0.05, 0) is 18.2 Å². The highest BCUT2D eigenvalue weighted by Gasteiger charge is 2.35. The zero-order chi connectivity index (χ0) is 21.4. The quantitative estimate of drug-likeness (QED) is 0.521. The molecule has 0 amide bonds. The molecule has 2 unspecified atom stereocenters. The highest BCUT2D eigenvalue weighted by molar-refractivity contribution is 5.92. The number of β-amino-alcohol motifs (C(OH)–C–C–N with tert-alkyl or cyclic N) is 1. The molecule has 1 N–H and O–H groups in total. The molecular weight excluding hydrogens is 398 g/mol. The number of hydrogen-bond acceptors (Lipinski definition) is 9. The number of fused-ring (bicyclic) bond motifs is 2. The van der Waals surface area contributed by atoms with E-state index in [9.17, 15) is 5.11 Å². The minimum Gasteiger partial charge on any atom is -0.493 e. The van der Waals surface area contributed by atoms with Gasteiger partial charge in [-0.15, -0.1) is 0 Å². The fourth-order valence-corrected chi connectivity index (χ4v) is 3.82. The molecule has 1 fully saturated rings. The molecular formula is C22H21N5O4. The summed E-state index contributed by atoms with van der Waals surface area (Å²) in [5.74, 6) is 2.26. The first-order valence-electron chi connectivity index (χ1n) is 9.84. The molecule has 1 aliphatic rings. The summed E-state index contributed by atoms with van der Waals surface area (Å²) in [4.78, 5) is 19.6. The van der Waals surface area contributed by atoms with E-state index in [1.165, 1.54) is 6.33 Å². The van der Waals surface area contributed by atoms with Crippen LogP contribution in [0.4, 0.5) is 5.82 Å². The van der Waals surface area contributed by atoms with Crippen molar-refractivity contribution in [3.8, 4) is 17.4 Å². The average molecular weight is 419 g/mol. The smallest absolute Gasteiger partial charge is 0.233 e. The van der Waals surface area contributed by atoms with Crippen molar-refractivity contribution in [1.82, 2.24) is 19.9 Å². The van der Waals surface area contributed by atoms with Gasteiger partial charge >= 0.3 is 0 Å². The largest absolute Gasteiger partial charge is 0.493 e. The molecule has 0 aliphatic carbocycles. The number of para-hydroxylation sites is 2. The van der Waals surface area contributed by atoms with E-state index < -0.39 is 12.2 Å². The molecule has 0 radical (unpaired) electrons. The van der Waals surface area contributed by atoms with Crippen LogP contribution in [0.5, 0.6) is 17.4 Å². The van der Waals surface area contributed by atoms with Crippen LogP contribution in [0.15, 0.2) is 48.9 Å². The average Bonchev–Trinajstić information content (AvgIpc) is 3.17. The second-order valence-electron chi connectivity index (χ2n) is 7.25. The molecule has 1 saturated heterocycles. The summed E-state index contributed by atoms with van der Waals surface area (Å²) in [5.41, 5.74) is 2.26. The van der Waals surface area contributed by atoms with Gasteiger partial charge in [0.15, 0.2) is 11.5 Å². The van der Waals surface area contributed by atoms with Gasteiger partial charge in [0.05, 0.1) is 43.5 Å². The molecule has 9 heteroatoms. The van der Waals surface area contributed by atoms with Crippen LogP contribution >= 0.6 is 0 Å². The van der Waals surface area contributed by atoms with Crippen molar-refractivity contribution < 1.29 is 19.3 Å². The fraction of sp³-hybridized carbons (Fsp3) is 0.273. The summed E-state index contributed by atoms with van der Waals surface area (Å²) in [5, 5.41) is 11.5. The Morgan fingerprint density at radius 3 is 2.52 bits per heavy atom. The minimum absolute atomic E-state index is 0.367. The van der Waals surface area contributed by atoms with E-state index in [0.717, 1.165) is 21.9 Å². The van der Waals surface area contributed by atoms with Crippen LogP contribution < -0.4 is 19.1 Å². The second-order valence-corrected chi connectivity index (χ2v) is 7.25. The van der Waals surface area contributed by atoms with Crippen molar-refractivity contribution in [3.05, 3.63) is 48.9 Å². The van der Waals surface area contributed by atoms with E-state index in [1.807, 2.05) is 41.3 Å². The van der Waals surface area contributed by atoms with E-state index in [-0.39, 0.29) is 0 Å². The predicted molar refractivity (Wildman–Crippen MR) is 115 cm³/mol. The Hall–Kier alpha value is -3.72. The Morgan fingerprint density at radius 1 is 0.935 bits per heavy atom. The van der Waals surface area contributed by atoms with Gasteiger partial charge in [0.1, 0.15) is 24.4 Å². The third-order valence-corrected chi connectivity index (χ3v) is 5.35. The SMILES string of the molecule is COc1cc2ncnc(N3CC(O)C(Oc4cnc5ccccc5n4)C3)c2cc1OC. The molecule has 2 atom stereocenters. The maximum absolute atomic E-state index is 10.6. The van der Waals surface area contributed by atoms with Gasteiger partial charge in [-0.25, -0.2) is 19.9 Å². The summed E-state index contributed by atoms with van der Waals surface area (Å²) in [7, 11) is 3.17. The van der Waals surface area contributed by atoms with E-state index in [1.54, 1.807) is 20.4 Å². The Balaban J connectivity index is 1.42. The Morgan fingerprint density at radius 2 is 1.71 bits per heavy atom. The van der Waals surface area contributed by atoms with Crippen LogP contribution in [0.2, 0.25) is 0 Å². The molecule has 3 heterocycles. The number of benzene rings is 2. The number of aliphatic hydroxyl groups excluding tert-OH is 1. The summed E-state index contributed by atoms with van der Waals surface area (Å²) >= 11 is 0. The van der Waals surface area contributed by atoms with Crippen LogP contribution in [0.1, 0.15) is 0 Å². The zero-order valence-electron chi connectivity index (χ0n) is 17.1. The van der Waals surface area contributed by atoms with Crippen molar-refractivity contribution in [3.63, 3.8) is 0 Å². The van der Waals surface area contributed by atoms with Crippen LogP contribution in [0.25, 0.3) is 21.9 Å². The van der Waals surface area contributed by atoms with E-state index in [4.69, 9.17) is 14.2 Å². The zero-order valence-corrected chi connectivity index (χ0v) is 17.1. The number of ether oxygens (including phenoxy) is 3. The van der Waals surface area contributed by atoms with E-state index in [2.05, 4.69) is 19.9 Å². The molecule has 9 nitrogen and oxygen atoms in total. The molecule has 2 aromatic heterocycles. The fourth-order valence-electron chi connectivity index (χ4n) is 3.82. The Labute approximate surface area is 178 Å². The standard InChI is InChI=1S/C22H21N5O4/c1-29-18-7-13-16(8-19(18)30-2)24-12-25-22(13)27-10-17(28)20(11-27)31-21-9-23-14-5-3-4-6-15(14)26-21/h3-9,12,17,20,28H,10-11H2,1-2H3. The van der Waals surface area contributed by atoms with Gasteiger partial charge in [-0.2, -0.15) is 0 Å². The van der Waals surface area contributed by atoms with Crippen LogP contribution in [0.3, 0.4) is 0 Å². The Bertz CT molecular complexity index is 1250. The topological polar surface area (TPSA) is 103 Å². The highest BCUT2D eigenvalue weighted by atomic mass is 16.5. The predicted octanol–water partition coefficient (Wildman–Crippen LogP) is 2.22. The van der Waals surface area contributed by atoms with E-state index in [0.29, 0.717) is 36.3 Å². The van der Waals surface area contributed by atoms with Crippen molar-refractivity contribution in [2.75, 3.05) is 32.2 Å². The molecule has 158 valence electrons. The van der Waals surface area contributed by atoms with Gasteiger partial charge in [0, 0.05) is 18.0 Å². The minimum atomic E-state index is -0.710. The molecule has 0 spiro atoms. The molecule has 2 aromatic carbocycles. The number of aromatic nitrogens is 4. The molecule has 5 rings (SSSR count). The summed E-state index contributed by atoms with van der Waals surface area (Å²) < 4.78 is 16.8. The van der Waals surface area contributed by atoms with Gasteiger partial charge in [-0.1, -0.05) is 12.1 Å². The van der Waals surface area contributed by atoms with Gasteiger partial charge in [0.2, 0.25) is 5.88 Å². The normalized spacial score (nSPS) is 18.5. The van der Waals surface area contributed by atoms with Crippen LogP contribution in [0, 0.1) is 0 Å². The number of anilines is 1. The lowest BCUT2D eigenvalue weighted by atomic mass is 10.2. The number of nitrogens with zero attached hydrogens (tertiary/aromatic N) is 5. The van der Waals surface area contributed by atoms with Gasteiger partial charge < -0.3 is 24.2 Å². The third kappa shape index (κ3) is 3.53. The van der Waals surface area contributed by atoms with Crippen LogP contribution in [-0.2, 0) is 0 Å². The second kappa shape index (κ2) is 7.84. The van der Waals surface area contributed by atoms with Crippen molar-refractivity contribution >= 4 is 27.8 Å². The monoisotopic (exact) mass is 419 g/mol. The lowest BCUT2D eigenvalue weighted by molar-refractivity contribution is 0.0706. The maximum Gasteiger partial charge on any atom is 0.233 e. The first-order valence-corrected chi connectivity index (χ1v) is 9.84. The lowest BCUT2D eigenvalue weighted by Gasteiger charge is -2.19. The van der Waals surface area contributed by atoms with Gasteiger partial charge in [-0.3, -0.25) is 0 Å².